The monoisotopic (exact) mass is 254 g/mol. The minimum absolute atomic E-state index is 0.475. The molecule has 2 rings (SSSR count). The molecule has 0 atom stereocenters. The summed E-state index contributed by atoms with van der Waals surface area (Å²) in [5.74, 6) is 0. The van der Waals surface area contributed by atoms with Gasteiger partial charge < -0.3 is 0 Å². The molecule has 1 aromatic heterocycles. The first-order chi connectivity index (χ1) is 8.29. The van der Waals surface area contributed by atoms with Crippen LogP contribution in [0.25, 0.3) is 11.3 Å². The first-order valence-electron chi connectivity index (χ1n) is 5.48. The molecule has 96 valence electrons. The van der Waals surface area contributed by atoms with Gasteiger partial charge in [-0.15, -0.1) is 0 Å². The predicted molar refractivity (Wildman–Crippen MR) is 63.1 cm³/mol. The molecular weight excluding hydrogens is 241 g/mol. The Hall–Kier alpha value is -1.78. The van der Waals surface area contributed by atoms with Crippen LogP contribution in [0.1, 0.15) is 16.8 Å². The molecule has 5 heteroatoms. The van der Waals surface area contributed by atoms with E-state index in [0.717, 1.165) is 22.8 Å². The molecule has 0 radical (unpaired) electrons. The van der Waals surface area contributed by atoms with Crippen molar-refractivity contribution < 1.29 is 13.2 Å². The Morgan fingerprint density at radius 2 is 1.78 bits per heavy atom. The number of halogens is 3. The molecular formula is C13H13F3N2. The van der Waals surface area contributed by atoms with Crippen molar-refractivity contribution in [2.45, 2.75) is 20.0 Å². The third-order valence-electron chi connectivity index (χ3n) is 2.84. The van der Waals surface area contributed by atoms with Gasteiger partial charge in [-0.3, -0.25) is 4.68 Å². The fourth-order valence-corrected chi connectivity index (χ4v) is 1.87. The van der Waals surface area contributed by atoms with Gasteiger partial charge in [0.15, 0.2) is 5.69 Å². The zero-order chi connectivity index (χ0) is 13.5. The molecule has 0 saturated carbocycles. The Morgan fingerprint density at radius 1 is 1.11 bits per heavy atom. The molecule has 0 aliphatic heterocycles. The van der Waals surface area contributed by atoms with Crippen molar-refractivity contribution in [1.29, 1.82) is 0 Å². The largest absolute Gasteiger partial charge is 0.435 e. The lowest BCUT2D eigenvalue weighted by Crippen LogP contribution is -2.06. The second-order valence-electron chi connectivity index (χ2n) is 4.35. The highest BCUT2D eigenvalue weighted by Gasteiger charge is 2.34. The number of aromatic nitrogens is 2. The molecule has 0 fully saturated rings. The Balaban J connectivity index is 2.58. The van der Waals surface area contributed by atoms with E-state index in [2.05, 4.69) is 5.10 Å². The fraction of sp³-hybridized carbons (Fsp3) is 0.308. The highest BCUT2D eigenvalue weighted by Crippen LogP contribution is 2.32. The first-order valence-corrected chi connectivity index (χ1v) is 5.48. The topological polar surface area (TPSA) is 17.8 Å². The fourth-order valence-electron chi connectivity index (χ4n) is 1.87. The van der Waals surface area contributed by atoms with Crippen LogP contribution in [0.15, 0.2) is 24.3 Å². The van der Waals surface area contributed by atoms with Gasteiger partial charge in [0.05, 0.1) is 5.69 Å². The number of aryl methyl sites for hydroxylation is 3. The summed E-state index contributed by atoms with van der Waals surface area (Å²) in [7, 11) is 1.52. The summed E-state index contributed by atoms with van der Waals surface area (Å²) in [5, 5.41) is 3.52. The zero-order valence-electron chi connectivity index (χ0n) is 10.3. The Bertz CT molecular complexity index is 582. The van der Waals surface area contributed by atoms with E-state index in [9.17, 15) is 13.2 Å². The van der Waals surface area contributed by atoms with Crippen LogP contribution < -0.4 is 0 Å². The maximum atomic E-state index is 12.6. The average Bonchev–Trinajstić information content (AvgIpc) is 2.64. The lowest BCUT2D eigenvalue weighted by Gasteiger charge is -2.06. The highest BCUT2D eigenvalue weighted by atomic mass is 19.4. The molecule has 0 amide bonds. The molecule has 0 spiro atoms. The van der Waals surface area contributed by atoms with Gasteiger partial charge in [0.25, 0.3) is 0 Å². The number of hydrogen-bond acceptors (Lipinski definition) is 1. The van der Waals surface area contributed by atoms with Crippen molar-refractivity contribution >= 4 is 0 Å². The number of hydrogen-bond donors (Lipinski definition) is 0. The number of benzene rings is 1. The highest BCUT2D eigenvalue weighted by molar-refractivity contribution is 5.65. The zero-order valence-corrected chi connectivity index (χ0v) is 10.3. The van der Waals surface area contributed by atoms with Crippen LogP contribution in [0.5, 0.6) is 0 Å². The molecule has 0 bridgehead atoms. The van der Waals surface area contributed by atoms with E-state index in [-0.39, 0.29) is 0 Å². The van der Waals surface area contributed by atoms with E-state index in [4.69, 9.17) is 0 Å². The summed E-state index contributed by atoms with van der Waals surface area (Å²) < 4.78 is 39.1. The normalized spacial score (nSPS) is 11.9. The van der Waals surface area contributed by atoms with Gasteiger partial charge in [-0.1, -0.05) is 17.7 Å². The van der Waals surface area contributed by atoms with Crippen molar-refractivity contribution in [3.63, 3.8) is 0 Å². The van der Waals surface area contributed by atoms with Crippen LogP contribution in [0, 0.1) is 13.8 Å². The maximum absolute atomic E-state index is 12.6. The van der Waals surface area contributed by atoms with E-state index < -0.39 is 11.9 Å². The van der Waals surface area contributed by atoms with Gasteiger partial charge in [-0.05, 0) is 31.5 Å². The number of alkyl halides is 3. The molecule has 2 aromatic rings. The van der Waals surface area contributed by atoms with Gasteiger partial charge in [0, 0.05) is 12.6 Å². The summed E-state index contributed by atoms with van der Waals surface area (Å²) in [5.41, 5.74) is 2.33. The third kappa shape index (κ3) is 2.25. The summed E-state index contributed by atoms with van der Waals surface area (Å²) in [6, 6.07) is 6.78. The Kier molecular flexibility index (Phi) is 2.92. The predicted octanol–water partition coefficient (Wildman–Crippen LogP) is 3.72. The van der Waals surface area contributed by atoms with E-state index in [0.29, 0.717) is 5.69 Å². The standard InChI is InChI=1S/C13H13F3N2/c1-8-4-5-9(2)10(6-8)11-7-12(13(14,15)16)17-18(11)3/h4-7H,1-3H3. The van der Waals surface area contributed by atoms with Crippen LogP contribution in [0.3, 0.4) is 0 Å². The van der Waals surface area contributed by atoms with Crippen molar-refractivity contribution in [2.24, 2.45) is 7.05 Å². The summed E-state index contributed by atoms with van der Waals surface area (Å²) in [6.45, 7) is 3.78. The molecule has 1 heterocycles. The minimum Gasteiger partial charge on any atom is -0.267 e. The van der Waals surface area contributed by atoms with Gasteiger partial charge in [-0.25, -0.2) is 0 Å². The maximum Gasteiger partial charge on any atom is 0.435 e. The SMILES string of the molecule is Cc1ccc(C)c(-c2cc(C(F)(F)F)nn2C)c1. The number of nitrogens with zero attached hydrogens (tertiary/aromatic N) is 2. The van der Waals surface area contributed by atoms with Gasteiger partial charge >= 0.3 is 6.18 Å². The quantitative estimate of drug-likeness (QED) is 0.758. The Morgan fingerprint density at radius 3 is 2.33 bits per heavy atom. The molecule has 18 heavy (non-hydrogen) atoms. The molecule has 2 nitrogen and oxygen atoms in total. The molecule has 0 saturated heterocycles. The van der Waals surface area contributed by atoms with Crippen LogP contribution in [-0.4, -0.2) is 9.78 Å². The van der Waals surface area contributed by atoms with Crippen molar-refractivity contribution in [3.05, 3.63) is 41.1 Å². The number of rotatable bonds is 1. The second-order valence-corrected chi connectivity index (χ2v) is 4.35. The Labute approximate surface area is 103 Å². The molecule has 0 N–H and O–H groups in total. The molecule has 0 aliphatic rings. The third-order valence-corrected chi connectivity index (χ3v) is 2.84. The summed E-state index contributed by atoms with van der Waals surface area (Å²) in [6.07, 6.45) is -4.41. The molecule has 1 aromatic carbocycles. The van der Waals surface area contributed by atoms with Crippen molar-refractivity contribution in [2.75, 3.05) is 0 Å². The minimum atomic E-state index is -4.41. The summed E-state index contributed by atoms with van der Waals surface area (Å²) in [4.78, 5) is 0. The van der Waals surface area contributed by atoms with Crippen molar-refractivity contribution in [3.8, 4) is 11.3 Å². The van der Waals surface area contributed by atoms with E-state index in [1.807, 2.05) is 32.0 Å². The molecule has 0 unspecified atom stereocenters. The van der Waals surface area contributed by atoms with E-state index >= 15 is 0 Å². The molecule has 0 aliphatic carbocycles. The van der Waals surface area contributed by atoms with Crippen LogP contribution in [0.4, 0.5) is 13.2 Å². The van der Waals surface area contributed by atoms with Crippen LogP contribution >= 0.6 is 0 Å². The van der Waals surface area contributed by atoms with Crippen LogP contribution in [0.2, 0.25) is 0 Å². The lowest BCUT2D eigenvalue weighted by molar-refractivity contribution is -0.141. The van der Waals surface area contributed by atoms with E-state index in [1.54, 1.807) is 0 Å². The second kappa shape index (κ2) is 4.15. The van der Waals surface area contributed by atoms with Gasteiger partial charge in [-0.2, -0.15) is 18.3 Å². The van der Waals surface area contributed by atoms with Gasteiger partial charge in [0.2, 0.25) is 0 Å². The first kappa shape index (κ1) is 12.7. The van der Waals surface area contributed by atoms with Crippen molar-refractivity contribution in [1.82, 2.24) is 9.78 Å². The van der Waals surface area contributed by atoms with Gasteiger partial charge in [0.1, 0.15) is 0 Å². The smallest absolute Gasteiger partial charge is 0.267 e. The lowest BCUT2D eigenvalue weighted by atomic mass is 10.0. The van der Waals surface area contributed by atoms with Crippen LogP contribution in [-0.2, 0) is 13.2 Å². The average molecular weight is 254 g/mol. The summed E-state index contributed by atoms with van der Waals surface area (Å²) >= 11 is 0. The van der Waals surface area contributed by atoms with E-state index in [1.165, 1.54) is 11.7 Å².